The number of hydrogen-bond acceptors (Lipinski definition) is 7. The van der Waals surface area contributed by atoms with E-state index in [4.69, 9.17) is 18.6 Å². The van der Waals surface area contributed by atoms with Gasteiger partial charge in [-0.3, -0.25) is 9.59 Å². The van der Waals surface area contributed by atoms with Crippen LogP contribution in [0.3, 0.4) is 0 Å². The summed E-state index contributed by atoms with van der Waals surface area (Å²) >= 11 is 0. The third-order valence-electron chi connectivity index (χ3n) is 6.63. The monoisotopic (exact) mass is 528 g/mol. The summed E-state index contributed by atoms with van der Waals surface area (Å²) in [7, 11) is 3.16. The topological polar surface area (TPSA) is 92.0 Å². The number of fused-ring (bicyclic) bond motifs is 1. The Morgan fingerprint density at radius 1 is 0.897 bits per heavy atom. The fourth-order valence-corrected chi connectivity index (χ4v) is 4.45. The van der Waals surface area contributed by atoms with E-state index in [2.05, 4.69) is 6.92 Å². The second-order valence-electron chi connectivity index (χ2n) is 9.34. The summed E-state index contributed by atoms with van der Waals surface area (Å²) in [6.07, 6.45) is 2.95. The van der Waals surface area contributed by atoms with Crippen molar-refractivity contribution in [2.75, 3.05) is 14.2 Å². The molecular weight excluding hydrogens is 496 g/mol. The first-order valence-corrected chi connectivity index (χ1v) is 13.0. The van der Waals surface area contributed by atoms with E-state index in [0.29, 0.717) is 45.8 Å². The van der Waals surface area contributed by atoms with Crippen molar-refractivity contribution in [1.29, 1.82) is 0 Å². The van der Waals surface area contributed by atoms with Crippen LogP contribution in [0.5, 0.6) is 17.2 Å². The van der Waals surface area contributed by atoms with E-state index in [1.807, 2.05) is 24.3 Å². The molecule has 0 unspecified atom stereocenters. The molecule has 0 spiro atoms. The van der Waals surface area contributed by atoms with Gasteiger partial charge in [0.05, 0.1) is 14.2 Å². The number of carbonyl (C=O) groups is 2. The van der Waals surface area contributed by atoms with E-state index in [9.17, 15) is 14.4 Å². The molecule has 0 aliphatic rings. The largest absolute Gasteiger partial charge is 0.497 e. The maximum Gasteiger partial charge on any atom is 0.339 e. The highest BCUT2D eigenvalue weighted by Gasteiger charge is 2.18. The van der Waals surface area contributed by atoms with E-state index in [0.717, 1.165) is 30.4 Å². The van der Waals surface area contributed by atoms with E-state index in [1.54, 1.807) is 57.5 Å². The average molecular weight is 529 g/mol. The van der Waals surface area contributed by atoms with Crippen LogP contribution in [0, 0.1) is 6.92 Å². The number of unbranched alkanes of at least 4 members (excludes halogenated alkanes) is 2. The minimum atomic E-state index is -0.605. The fourth-order valence-electron chi connectivity index (χ4n) is 4.45. The zero-order chi connectivity index (χ0) is 27.9. The molecule has 4 aromatic rings. The molecule has 39 heavy (non-hydrogen) atoms. The molecule has 7 nitrogen and oxygen atoms in total. The predicted molar refractivity (Wildman–Crippen MR) is 150 cm³/mol. The molecule has 0 atom stereocenters. The molecule has 0 saturated heterocycles. The molecule has 0 amide bonds. The van der Waals surface area contributed by atoms with Gasteiger partial charge in [-0.15, -0.1) is 0 Å². The molecular formula is C32H32O7. The number of hydrogen-bond donors (Lipinski definition) is 0. The van der Waals surface area contributed by atoms with E-state index >= 15 is 0 Å². The quantitative estimate of drug-likeness (QED) is 0.0703. The van der Waals surface area contributed by atoms with Gasteiger partial charge in [-0.2, -0.15) is 0 Å². The number of ketones is 1. The van der Waals surface area contributed by atoms with Gasteiger partial charge in [-0.05, 0) is 67.4 Å². The van der Waals surface area contributed by atoms with Gasteiger partial charge in [0.25, 0.3) is 0 Å². The Labute approximate surface area is 227 Å². The van der Waals surface area contributed by atoms with Crippen LogP contribution in [0.15, 0.2) is 69.9 Å². The highest BCUT2D eigenvalue weighted by molar-refractivity contribution is 5.99. The van der Waals surface area contributed by atoms with Crippen molar-refractivity contribution in [2.24, 2.45) is 0 Å². The summed E-state index contributed by atoms with van der Waals surface area (Å²) in [5, 5.41) is 0.646. The first-order valence-electron chi connectivity index (χ1n) is 13.0. The van der Waals surface area contributed by atoms with Crippen LogP contribution >= 0.6 is 0 Å². The Morgan fingerprint density at radius 2 is 1.69 bits per heavy atom. The fraction of sp³-hybridized carbons (Fsp3) is 0.281. The van der Waals surface area contributed by atoms with Crippen LogP contribution in [-0.4, -0.2) is 26.0 Å². The average Bonchev–Trinajstić information content (AvgIpc) is 2.95. The van der Waals surface area contributed by atoms with Crippen molar-refractivity contribution in [3.05, 3.63) is 87.8 Å². The smallest absolute Gasteiger partial charge is 0.339 e. The van der Waals surface area contributed by atoms with Gasteiger partial charge in [0, 0.05) is 40.5 Å². The van der Waals surface area contributed by atoms with Gasteiger partial charge in [0.2, 0.25) is 0 Å². The molecule has 1 aromatic heterocycles. The molecule has 0 bridgehead atoms. The van der Waals surface area contributed by atoms with E-state index in [-0.39, 0.29) is 23.7 Å². The summed E-state index contributed by atoms with van der Waals surface area (Å²) < 4.78 is 21.9. The number of esters is 1. The lowest BCUT2D eigenvalue weighted by atomic mass is 9.97. The molecule has 4 rings (SSSR count). The summed E-state index contributed by atoms with van der Waals surface area (Å²) in [5.41, 5.74) is 2.55. The van der Waals surface area contributed by atoms with Gasteiger partial charge in [-0.25, -0.2) is 4.79 Å². The van der Waals surface area contributed by atoms with Crippen LogP contribution < -0.4 is 19.8 Å². The number of methoxy groups -OCH3 is 2. The Bertz CT molecular complexity index is 1570. The van der Waals surface area contributed by atoms with Crippen LogP contribution in [-0.2, 0) is 11.2 Å². The van der Waals surface area contributed by atoms with Crippen LogP contribution in [0.25, 0.3) is 22.1 Å². The van der Waals surface area contributed by atoms with Crippen LogP contribution in [0.2, 0.25) is 0 Å². The van der Waals surface area contributed by atoms with Crippen LogP contribution in [0.4, 0.5) is 0 Å². The van der Waals surface area contributed by atoms with Crippen molar-refractivity contribution in [2.45, 2.75) is 46.0 Å². The Balaban J connectivity index is 1.59. The van der Waals surface area contributed by atoms with Gasteiger partial charge >= 0.3 is 11.6 Å². The number of rotatable bonds is 11. The maximum absolute atomic E-state index is 13.3. The van der Waals surface area contributed by atoms with Crippen molar-refractivity contribution < 1.29 is 28.2 Å². The van der Waals surface area contributed by atoms with Crippen molar-refractivity contribution >= 4 is 22.7 Å². The standard InChI is InChI=1S/C32H32O7/c1-5-6-7-11-30(34)38-28-14-13-23-16-24(32(35)39-31(23)20(28)2)19-27(33)22-12-15-29(37-4)26(18-22)21-9-8-10-25(17-21)36-3/h8-10,12-18H,5-7,11,19H2,1-4H3. The first-order chi connectivity index (χ1) is 18.8. The lowest BCUT2D eigenvalue weighted by Gasteiger charge is -2.12. The second-order valence-corrected chi connectivity index (χ2v) is 9.34. The summed E-state index contributed by atoms with van der Waals surface area (Å²) in [6.45, 7) is 3.81. The highest BCUT2D eigenvalue weighted by Crippen LogP contribution is 2.33. The third-order valence-corrected chi connectivity index (χ3v) is 6.63. The predicted octanol–water partition coefficient (Wildman–Crippen LogP) is 6.70. The molecule has 0 fully saturated rings. The number of carbonyl (C=O) groups excluding carboxylic acids is 2. The second kappa shape index (κ2) is 12.4. The zero-order valence-electron chi connectivity index (χ0n) is 22.7. The van der Waals surface area contributed by atoms with Crippen molar-refractivity contribution in [3.8, 4) is 28.4 Å². The third kappa shape index (κ3) is 6.37. The Morgan fingerprint density at radius 3 is 2.44 bits per heavy atom. The van der Waals surface area contributed by atoms with Gasteiger partial charge < -0.3 is 18.6 Å². The van der Waals surface area contributed by atoms with E-state index in [1.165, 1.54) is 0 Å². The minimum Gasteiger partial charge on any atom is -0.497 e. The summed E-state index contributed by atoms with van der Waals surface area (Å²) in [5.74, 6) is 1.11. The molecule has 1 heterocycles. The van der Waals surface area contributed by atoms with Crippen molar-refractivity contribution in [1.82, 2.24) is 0 Å². The molecule has 0 aliphatic heterocycles. The van der Waals surface area contributed by atoms with Gasteiger partial charge in [0.1, 0.15) is 22.8 Å². The highest BCUT2D eigenvalue weighted by atomic mass is 16.5. The molecule has 7 heteroatoms. The first kappa shape index (κ1) is 27.6. The van der Waals surface area contributed by atoms with Gasteiger partial charge in [-0.1, -0.05) is 31.9 Å². The number of aryl methyl sites for hydroxylation is 1. The van der Waals surface area contributed by atoms with Gasteiger partial charge in [0.15, 0.2) is 5.78 Å². The minimum absolute atomic E-state index is 0.130. The SMILES string of the molecule is CCCCCC(=O)Oc1ccc2cc(CC(=O)c3ccc(OC)c(-c4cccc(OC)c4)c3)c(=O)oc2c1C. The van der Waals surface area contributed by atoms with E-state index < -0.39 is 5.63 Å². The molecule has 3 aromatic carbocycles. The lowest BCUT2D eigenvalue weighted by Crippen LogP contribution is -2.14. The summed E-state index contributed by atoms with van der Waals surface area (Å²) in [4.78, 5) is 38.3. The maximum atomic E-state index is 13.3. The molecule has 0 radical (unpaired) electrons. The Kier molecular flexibility index (Phi) is 8.81. The number of benzene rings is 3. The molecule has 0 N–H and O–H groups in total. The molecule has 202 valence electrons. The van der Waals surface area contributed by atoms with Crippen molar-refractivity contribution in [3.63, 3.8) is 0 Å². The zero-order valence-corrected chi connectivity index (χ0v) is 22.7. The molecule has 0 saturated carbocycles. The lowest BCUT2D eigenvalue weighted by molar-refractivity contribution is -0.134. The number of ether oxygens (including phenoxy) is 3. The molecule has 0 aliphatic carbocycles. The van der Waals surface area contributed by atoms with Crippen LogP contribution in [0.1, 0.15) is 54.1 Å². The summed E-state index contributed by atoms with van der Waals surface area (Å²) in [6, 6.07) is 17.7. The number of Topliss-reactive ketones (excluding diaryl/α,β-unsaturated/α-hetero) is 1. The normalized spacial score (nSPS) is 10.9. The Hall–Kier alpha value is -4.39.